The zero-order valence-corrected chi connectivity index (χ0v) is 8.83. The smallest absolute Gasteiger partial charge is 0.128 e. The van der Waals surface area contributed by atoms with Crippen molar-refractivity contribution in [2.24, 2.45) is 0 Å². The van der Waals surface area contributed by atoms with Gasteiger partial charge in [0.15, 0.2) is 0 Å². The first-order valence-electron chi connectivity index (χ1n) is 5.13. The third-order valence-corrected chi connectivity index (χ3v) is 2.84. The first kappa shape index (κ1) is 9.46. The standard InChI is InChI=1S/C11H17N3/c1-9-3-6-13-11(7-9)14(2)10-4-5-12-8-10/h3,6-7,10,12H,4-5,8H2,1-2H3/t10-/m0/s1. The summed E-state index contributed by atoms with van der Waals surface area (Å²) in [4.78, 5) is 6.65. The number of nitrogens with one attached hydrogen (secondary N) is 1. The van der Waals surface area contributed by atoms with Crippen molar-refractivity contribution < 1.29 is 0 Å². The van der Waals surface area contributed by atoms with Crippen LogP contribution in [0.2, 0.25) is 0 Å². The van der Waals surface area contributed by atoms with Crippen LogP contribution in [-0.4, -0.2) is 31.2 Å². The van der Waals surface area contributed by atoms with E-state index in [0.29, 0.717) is 6.04 Å². The first-order chi connectivity index (χ1) is 6.77. The van der Waals surface area contributed by atoms with Gasteiger partial charge >= 0.3 is 0 Å². The summed E-state index contributed by atoms with van der Waals surface area (Å²) in [7, 11) is 2.12. The van der Waals surface area contributed by atoms with Crippen molar-refractivity contribution >= 4 is 5.82 Å². The number of hydrogen-bond acceptors (Lipinski definition) is 3. The Morgan fingerprint density at radius 2 is 2.43 bits per heavy atom. The maximum atomic E-state index is 4.38. The van der Waals surface area contributed by atoms with Gasteiger partial charge in [0.1, 0.15) is 5.82 Å². The van der Waals surface area contributed by atoms with Gasteiger partial charge in [-0.2, -0.15) is 0 Å². The molecule has 1 aliphatic rings. The molecule has 1 atom stereocenters. The molecule has 2 rings (SSSR count). The lowest BCUT2D eigenvalue weighted by atomic mass is 10.2. The highest BCUT2D eigenvalue weighted by Crippen LogP contribution is 2.16. The molecule has 0 unspecified atom stereocenters. The number of likely N-dealkylation sites (N-methyl/N-ethyl adjacent to an activating group) is 1. The molecule has 1 aromatic rings. The van der Waals surface area contributed by atoms with E-state index in [1.807, 2.05) is 12.3 Å². The van der Waals surface area contributed by atoms with Crippen LogP contribution in [0.3, 0.4) is 0 Å². The molecule has 3 heteroatoms. The van der Waals surface area contributed by atoms with Crippen molar-refractivity contribution in [2.75, 3.05) is 25.0 Å². The number of rotatable bonds is 2. The maximum Gasteiger partial charge on any atom is 0.128 e. The van der Waals surface area contributed by atoms with Crippen LogP contribution in [0.5, 0.6) is 0 Å². The van der Waals surface area contributed by atoms with E-state index >= 15 is 0 Å². The van der Waals surface area contributed by atoms with Crippen LogP contribution in [-0.2, 0) is 0 Å². The second-order valence-electron chi connectivity index (χ2n) is 3.95. The highest BCUT2D eigenvalue weighted by Gasteiger charge is 2.19. The van der Waals surface area contributed by atoms with E-state index in [-0.39, 0.29) is 0 Å². The van der Waals surface area contributed by atoms with E-state index in [4.69, 9.17) is 0 Å². The van der Waals surface area contributed by atoms with E-state index in [9.17, 15) is 0 Å². The summed E-state index contributed by atoms with van der Waals surface area (Å²) in [6, 6.07) is 4.77. The molecule has 14 heavy (non-hydrogen) atoms. The molecule has 1 aromatic heterocycles. The minimum Gasteiger partial charge on any atom is -0.355 e. The Balaban J connectivity index is 2.13. The number of nitrogens with zero attached hydrogens (tertiary/aromatic N) is 2. The molecule has 0 radical (unpaired) electrons. The lowest BCUT2D eigenvalue weighted by molar-refractivity contribution is 0.677. The molecule has 3 nitrogen and oxygen atoms in total. The van der Waals surface area contributed by atoms with Gasteiger partial charge in [0.05, 0.1) is 0 Å². The fraction of sp³-hybridized carbons (Fsp3) is 0.545. The number of hydrogen-bond donors (Lipinski definition) is 1. The Morgan fingerprint density at radius 3 is 3.07 bits per heavy atom. The van der Waals surface area contributed by atoms with Crippen molar-refractivity contribution in [3.63, 3.8) is 0 Å². The molecule has 2 heterocycles. The molecule has 76 valence electrons. The van der Waals surface area contributed by atoms with Crippen LogP contribution in [0.15, 0.2) is 18.3 Å². The van der Waals surface area contributed by atoms with E-state index < -0.39 is 0 Å². The normalized spacial score (nSPS) is 21.1. The third-order valence-electron chi connectivity index (χ3n) is 2.84. The number of aromatic nitrogens is 1. The monoisotopic (exact) mass is 191 g/mol. The van der Waals surface area contributed by atoms with Crippen molar-refractivity contribution in [1.29, 1.82) is 0 Å². The average molecular weight is 191 g/mol. The van der Waals surface area contributed by atoms with Gasteiger partial charge in [-0.05, 0) is 37.6 Å². The highest BCUT2D eigenvalue weighted by molar-refractivity contribution is 5.41. The molecule has 1 fully saturated rings. The zero-order chi connectivity index (χ0) is 9.97. The SMILES string of the molecule is Cc1ccnc(N(C)[C@H]2CCNC2)c1. The number of pyridine rings is 1. The minimum absolute atomic E-state index is 0.601. The third kappa shape index (κ3) is 1.87. The lowest BCUT2D eigenvalue weighted by Gasteiger charge is -2.24. The summed E-state index contributed by atoms with van der Waals surface area (Å²) in [6.07, 6.45) is 3.09. The Kier molecular flexibility index (Phi) is 2.68. The fourth-order valence-corrected chi connectivity index (χ4v) is 1.87. The summed E-state index contributed by atoms with van der Waals surface area (Å²) < 4.78 is 0. The first-order valence-corrected chi connectivity index (χ1v) is 5.13. The molecule has 1 saturated heterocycles. The predicted molar refractivity (Wildman–Crippen MR) is 58.7 cm³/mol. The van der Waals surface area contributed by atoms with Gasteiger partial charge in [-0.3, -0.25) is 0 Å². The molecule has 0 aliphatic carbocycles. The van der Waals surface area contributed by atoms with Crippen molar-refractivity contribution in [1.82, 2.24) is 10.3 Å². The second-order valence-corrected chi connectivity index (χ2v) is 3.95. The largest absolute Gasteiger partial charge is 0.355 e. The molecule has 0 aromatic carbocycles. The van der Waals surface area contributed by atoms with Crippen LogP contribution in [0.25, 0.3) is 0 Å². The second kappa shape index (κ2) is 3.96. The van der Waals surface area contributed by atoms with E-state index in [1.54, 1.807) is 0 Å². The lowest BCUT2D eigenvalue weighted by Crippen LogP contribution is -2.33. The molecule has 1 aliphatic heterocycles. The minimum atomic E-state index is 0.601. The quantitative estimate of drug-likeness (QED) is 0.761. The molecule has 1 N–H and O–H groups in total. The highest BCUT2D eigenvalue weighted by atomic mass is 15.2. The van der Waals surface area contributed by atoms with Gasteiger partial charge in [0.2, 0.25) is 0 Å². The fourth-order valence-electron chi connectivity index (χ4n) is 1.87. The Labute approximate surface area is 85.1 Å². The van der Waals surface area contributed by atoms with Crippen molar-refractivity contribution in [2.45, 2.75) is 19.4 Å². The van der Waals surface area contributed by atoms with Crippen LogP contribution in [0, 0.1) is 6.92 Å². The Bertz CT molecular complexity index is 305. The molecular formula is C11H17N3. The molecule has 0 saturated carbocycles. The van der Waals surface area contributed by atoms with E-state index in [2.05, 4.69) is 35.2 Å². The summed E-state index contributed by atoms with van der Waals surface area (Å²) in [5, 5.41) is 3.37. The Morgan fingerprint density at radius 1 is 1.57 bits per heavy atom. The van der Waals surface area contributed by atoms with E-state index in [1.165, 1.54) is 12.0 Å². The van der Waals surface area contributed by atoms with Gasteiger partial charge in [-0.25, -0.2) is 4.98 Å². The van der Waals surface area contributed by atoms with Gasteiger partial charge in [-0.15, -0.1) is 0 Å². The predicted octanol–water partition coefficient (Wildman–Crippen LogP) is 1.19. The number of aryl methyl sites for hydroxylation is 1. The maximum absolute atomic E-state index is 4.38. The molecular weight excluding hydrogens is 174 g/mol. The van der Waals surface area contributed by atoms with Crippen molar-refractivity contribution in [3.05, 3.63) is 23.9 Å². The summed E-state index contributed by atoms with van der Waals surface area (Å²) in [6.45, 7) is 4.30. The summed E-state index contributed by atoms with van der Waals surface area (Å²) in [5.41, 5.74) is 1.27. The topological polar surface area (TPSA) is 28.2 Å². The average Bonchev–Trinajstić information content (AvgIpc) is 2.69. The van der Waals surface area contributed by atoms with Gasteiger partial charge < -0.3 is 10.2 Å². The molecule has 0 amide bonds. The Hall–Kier alpha value is -1.09. The van der Waals surface area contributed by atoms with Crippen LogP contribution in [0.1, 0.15) is 12.0 Å². The van der Waals surface area contributed by atoms with Crippen LogP contribution < -0.4 is 10.2 Å². The van der Waals surface area contributed by atoms with E-state index in [0.717, 1.165) is 18.9 Å². The van der Waals surface area contributed by atoms with Gasteiger partial charge in [-0.1, -0.05) is 0 Å². The van der Waals surface area contributed by atoms with Gasteiger partial charge in [0.25, 0.3) is 0 Å². The van der Waals surface area contributed by atoms with Crippen molar-refractivity contribution in [3.8, 4) is 0 Å². The van der Waals surface area contributed by atoms with Gasteiger partial charge in [0, 0.05) is 25.8 Å². The van der Waals surface area contributed by atoms with Crippen LogP contribution in [0.4, 0.5) is 5.82 Å². The molecule has 0 bridgehead atoms. The molecule has 0 spiro atoms. The summed E-state index contributed by atoms with van der Waals surface area (Å²) in [5.74, 6) is 1.08. The van der Waals surface area contributed by atoms with Crippen LogP contribution >= 0.6 is 0 Å². The zero-order valence-electron chi connectivity index (χ0n) is 8.83. The summed E-state index contributed by atoms with van der Waals surface area (Å²) >= 11 is 0. The number of anilines is 1.